The molecule has 1 N–H and O–H groups in total. The lowest BCUT2D eigenvalue weighted by atomic mass is 9.95. The van der Waals surface area contributed by atoms with E-state index in [1.807, 2.05) is 0 Å². The van der Waals surface area contributed by atoms with Crippen LogP contribution in [0.5, 0.6) is 0 Å². The molecule has 2 fully saturated rings. The minimum Gasteiger partial charge on any atom is -0.464 e. The van der Waals surface area contributed by atoms with Crippen molar-refractivity contribution in [3.05, 3.63) is 29.6 Å². The fourth-order valence-electron chi connectivity index (χ4n) is 3.12. The molecule has 1 atom stereocenters. The van der Waals surface area contributed by atoms with Crippen molar-refractivity contribution in [2.45, 2.75) is 31.7 Å². The van der Waals surface area contributed by atoms with Gasteiger partial charge in [0.2, 0.25) is 0 Å². The number of anilines is 1. The van der Waals surface area contributed by atoms with Crippen molar-refractivity contribution in [3.63, 3.8) is 0 Å². The van der Waals surface area contributed by atoms with Gasteiger partial charge in [0.05, 0.1) is 6.61 Å². The molecule has 2 amide bonds. The first kappa shape index (κ1) is 13.9. The maximum absolute atomic E-state index is 13.5. The van der Waals surface area contributed by atoms with E-state index in [0.717, 1.165) is 6.42 Å². The number of carbonyl (C=O) groups excluding carboxylic acids is 2. The number of benzene rings is 1. The van der Waals surface area contributed by atoms with Gasteiger partial charge < -0.3 is 15.0 Å². The molecule has 5 nitrogen and oxygen atoms in total. The van der Waals surface area contributed by atoms with Crippen LogP contribution in [0.1, 0.15) is 24.8 Å². The highest BCUT2D eigenvalue weighted by Crippen LogP contribution is 2.38. The van der Waals surface area contributed by atoms with Crippen LogP contribution in [-0.2, 0) is 9.53 Å². The second kappa shape index (κ2) is 5.02. The smallest absolute Gasteiger partial charge is 0.332 e. The average molecular weight is 292 g/mol. The van der Waals surface area contributed by atoms with Crippen LogP contribution in [0.25, 0.3) is 0 Å². The van der Waals surface area contributed by atoms with Crippen LogP contribution >= 0.6 is 0 Å². The van der Waals surface area contributed by atoms with Gasteiger partial charge in [-0.15, -0.1) is 0 Å². The molecule has 1 aromatic carbocycles. The van der Waals surface area contributed by atoms with Gasteiger partial charge in [0.15, 0.2) is 0 Å². The lowest BCUT2D eigenvalue weighted by Crippen LogP contribution is -2.52. The largest absolute Gasteiger partial charge is 0.464 e. The summed E-state index contributed by atoms with van der Waals surface area (Å²) in [4.78, 5) is 26.0. The number of hydrogen-bond donors (Lipinski definition) is 1. The lowest BCUT2D eigenvalue weighted by Gasteiger charge is -2.31. The maximum atomic E-state index is 13.5. The van der Waals surface area contributed by atoms with Crippen molar-refractivity contribution in [2.75, 3.05) is 18.5 Å². The molecule has 2 aliphatic heterocycles. The summed E-state index contributed by atoms with van der Waals surface area (Å²) in [5.41, 5.74) is -0.0211. The number of ether oxygens (including phenoxy) is 1. The Kier molecular flexibility index (Phi) is 3.31. The number of amides is 2. The molecule has 6 heteroatoms. The number of urea groups is 1. The maximum Gasteiger partial charge on any atom is 0.332 e. The van der Waals surface area contributed by atoms with Crippen molar-refractivity contribution in [1.82, 2.24) is 4.90 Å². The van der Waals surface area contributed by atoms with Gasteiger partial charge in [-0.1, -0.05) is 6.07 Å². The summed E-state index contributed by atoms with van der Waals surface area (Å²) in [6.07, 6.45) is 1.92. The van der Waals surface area contributed by atoms with Crippen LogP contribution in [-0.4, -0.2) is 35.6 Å². The molecule has 112 valence electrons. The number of halogens is 1. The Balaban J connectivity index is 1.82. The fourth-order valence-corrected chi connectivity index (χ4v) is 3.12. The molecular formula is C15H17FN2O3. The number of nitrogens with zero attached hydrogens (tertiary/aromatic N) is 1. The summed E-state index contributed by atoms with van der Waals surface area (Å²) in [5.74, 6) is -0.699. The highest BCUT2D eigenvalue weighted by Gasteiger charge is 2.54. The minimum atomic E-state index is -0.828. The average Bonchev–Trinajstić information content (AvgIpc) is 3.04. The second-order valence-corrected chi connectivity index (χ2v) is 5.52. The van der Waals surface area contributed by atoms with E-state index in [1.54, 1.807) is 19.1 Å². The molecule has 21 heavy (non-hydrogen) atoms. The SMILES string of the molecule is Cc1c(F)cccc1NC(=O)N1CCC[C@]12CCOC2=O. The molecule has 0 saturated carbocycles. The number of cyclic esters (lactones) is 1. The molecule has 0 bridgehead atoms. The van der Waals surface area contributed by atoms with Crippen molar-refractivity contribution in [2.24, 2.45) is 0 Å². The third-order valence-electron chi connectivity index (χ3n) is 4.37. The van der Waals surface area contributed by atoms with Crippen molar-refractivity contribution in [3.8, 4) is 0 Å². The van der Waals surface area contributed by atoms with E-state index in [2.05, 4.69) is 5.32 Å². The number of hydrogen-bond acceptors (Lipinski definition) is 3. The molecule has 2 aliphatic rings. The van der Waals surface area contributed by atoms with Gasteiger partial charge in [-0.3, -0.25) is 0 Å². The first-order valence-corrected chi connectivity index (χ1v) is 7.05. The zero-order valence-corrected chi connectivity index (χ0v) is 11.8. The van der Waals surface area contributed by atoms with Gasteiger partial charge >= 0.3 is 12.0 Å². The van der Waals surface area contributed by atoms with Crippen LogP contribution < -0.4 is 5.32 Å². The van der Waals surface area contributed by atoms with Crippen molar-refractivity contribution in [1.29, 1.82) is 0 Å². The Labute approximate surface area is 122 Å². The van der Waals surface area contributed by atoms with Crippen LogP contribution in [0.2, 0.25) is 0 Å². The number of carbonyl (C=O) groups is 2. The van der Waals surface area contributed by atoms with Crippen molar-refractivity contribution < 1.29 is 18.7 Å². The van der Waals surface area contributed by atoms with Crippen LogP contribution in [0.4, 0.5) is 14.9 Å². The molecule has 0 aromatic heterocycles. The zero-order chi connectivity index (χ0) is 15.0. The van der Waals surface area contributed by atoms with E-state index in [1.165, 1.54) is 11.0 Å². The van der Waals surface area contributed by atoms with E-state index >= 15 is 0 Å². The van der Waals surface area contributed by atoms with E-state index < -0.39 is 5.54 Å². The summed E-state index contributed by atoms with van der Waals surface area (Å²) in [5, 5.41) is 2.70. The van der Waals surface area contributed by atoms with Gasteiger partial charge in [0.1, 0.15) is 11.4 Å². The summed E-state index contributed by atoms with van der Waals surface area (Å²) >= 11 is 0. The summed E-state index contributed by atoms with van der Waals surface area (Å²) in [7, 11) is 0. The molecule has 0 aliphatic carbocycles. The number of esters is 1. The highest BCUT2D eigenvalue weighted by atomic mass is 19.1. The first-order valence-electron chi connectivity index (χ1n) is 7.05. The van der Waals surface area contributed by atoms with Gasteiger partial charge in [-0.25, -0.2) is 14.0 Å². The second-order valence-electron chi connectivity index (χ2n) is 5.52. The Hall–Kier alpha value is -2.11. The molecule has 2 saturated heterocycles. The number of nitrogens with one attached hydrogen (secondary N) is 1. The molecule has 2 heterocycles. The molecule has 1 aromatic rings. The molecular weight excluding hydrogens is 275 g/mol. The highest BCUT2D eigenvalue weighted by molar-refractivity contribution is 5.96. The Morgan fingerprint density at radius 2 is 2.24 bits per heavy atom. The third-order valence-corrected chi connectivity index (χ3v) is 4.37. The first-order chi connectivity index (χ1) is 10.0. The quantitative estimate of drug-likeness (QED) is 0.809. The third kappa shape index (κ3) is 2.14. The Morgan fingerprint density at radius 3 is 2.95 bits per heavy atom. The normalized spacial score (nSPS) is 24.5. The Bertz CT molecular complexity index is 601. The topological polar surface area (TPSA) is 58.6 Å². The van der Waals surface area contributed by atoms with E-state index in [0.29, 0.717) is 37.2 Å². The predicted molar refractivity (Wildman–Crippen MR) is 74.4 cm³/mol. The Morgan fingerprint density at radius 1 is 1.43 bits per heavy atom. The molecule has 0 radical (unpaired) electrons. The predicted octanol–water partition coefficient (Wildman–Crippen LogP) is 2.45. The summed E-state index contributed by atoms with van der Waals surface area (Å²) in [6.45, 7) is 2.46. The molecule has 0 unspecified atom stereocenters. The molecule has 1 spiro atoms. The van der Waals surface area contributed by atoms with E-state index in [-0.39, 0.29) is 17.8 Å². The van der Waals surface area contributed by atoms with E-state index in [9.17, 15) is 14.0 Å². The minimum absolute atomic E-state index is 0.328. The van der Waals surface area contributed by atoms with Crippen LogP contribution in [0, 0.1) is 12.7 Å². The number of likely N-dealkylation sites (tertiary alicyclic amines) is 1. The van der Waals surface area contributed by atoms with Gasteiger partial charge in [0, 0.05) is 24.2 Å². The van der Waals surface area contributed by atoms with Gasteiger partial charge in [-0.05, 0) is 31.9 Å². The summed E-state index contributed by atoms with van der Waals surface area (Å²) < 4.78 is 18.6. The number of rotatable bonds is 1. The molecule has 3 rings (SSSR count). The fraction of sp³-hybridized carbons (Fsp3) is 0.467. The lowest BCUT2D eigenvalue weighted by molar-refractivity contribution is -0.145. The van der Waals surface area contributed by atoms with Crippen molar-refractivity contribution >= 4 is 17.7 Å². The standard InChI is InChI=1S/C15H17FN2O3/c1-10-11(16)4-2-5-12(10)17-14(20)18-8-3-6-15(18)7-9-21-13(15)19/h2,4-5H,3,6-9H2,1H3,(H,17,20)/t15-/m1/s1. The summed E-state index contributed by atoms with van der Waals surface area (Å²) in [6, 6.07) is 4.16. The van der Waals surface area contributed by atoms with Crippen LogP contribution in [0.3, 0.4) is 0 Å². The van der Waals surface area contributed by atoms with Gasteiger partial charge in [-0.2, -0.15) is 0 Å². The zero-order valence-electron chi connectivity index (χ0n) is 11.8. The van der Waals surface area contributed by atoms with Crippen LogP contribution in [0.15, 0.2) is 18.2 Å². The van der Waals surface area contributed by atoms with E-state index in [4.69, 9.17) is 4.74 Å². The van der Waals surface area contributed by atoms with Gasteiger partial charge in [0.25, 0.3) is 0 Å². The monoisotopic (exact) mass is 292 g/mol.